The molecule has 1 N–H and O–H groups in total. The van der Waals surface area contributed by atoms with Gasteiger partial charge in [0.05, 0.1) is 35.5 Å². The summed E-state index contributed by atoms with van der Waals surface area (Å²) in [5.41, 5.74) is -0.0289. The van der Waals surface area contributed by atoms with Gasteiger partial charge < -0.3 is 9.88 Å². The Kier molecular flexibility index (Phi) is 6.25. The lowest BCUT2D eigenvalue weighted by Crippen LogP contribution is -2.60. The van der Waals surface area contributed by atoms with E-state index in [0.29, 0.717) is 38.2 Å². The summed E-state index contributed by atoms with van der Waals surface area (Å²) in [6, 6.07) is 4.65. The highest BCUT2D eigenvalue weighted by Gasteiger charge is 2.49. The maximum atomic E-state index is 14.3. The minimum absolute atomic E-state index is 0.162. The molecule has 6 rings (SSSR count). The second-order valence-electron chi connectivity index (χ2n) is 10.1. The molecule has 1 saturated heterocycles. The standard InChI is InChI=1S/C26H23F4N9O/c27-20-9-17(26(28,29)30)13-33-22(20)24(40)38-7-5-37(6-8-38)18-10-25(11-18,2-3-31)39-14-16(12-36-39)21-19-1-4-32-23(19)35-15-34-21/h1,4,9,12-15,18H,2,5-8,10-11H2,(H,32,34,35)/t18-,25-. The van der Waals surface area contributed by atoms with Gasteiger partial charge in [-0.25, -0.2) is 19.3 Å². The van der Waals surface area contributed by atoms with Gasteiger partial charge in [0.2, 0.25) is 0 Å². The number of nitriles is 1. The van der Waals surface area contributed by atoms with E-state index >= 15 is 0 Å². The van der Waals surface area contributed by atoms with Gasteiger partial charge in [-0.3, -0.25) is 14.4 Å². The number of aromatic nitrogens is 6. The quantitative estimate of drug-likeness (QED) is 0.375. The summed E-state index contributed by atoms with van der Waals surface area (Å²) >= 11 is 0. The number of halogens is 4. The molecule has 1 amide bonds. The van der Waals surface area contributed by atoms with Gasteiger partial charge in [-0.15, -0.1) is 0 Å². The van der Waals surface area contributed by atoms with E-state index in [0.717, 1.165) is 22.3 Å². The fraction of sp³-hybridized carbons (Fsp3) is 0.385. The van der Waals surface area contributed by atoms with Crippen molar-refractivity contribution in [3.8, 4) is 17.3 Å². The molecule has 40 heavy (non-hydrogen) atoms. The lowest BCUT2D eigenvalue weighted by Gasteiger charge is -2.52. The van der Waals surface area contributed by atoms with Crippen LogP contribution in [0.4, 0.5) is 17.6 Å². The summed E-state index contributed by atoms with van der Waals surface area (Å²) in [5.74, 6) is -2.02. The van der Waals surface area contributed by atoms with Crippen molar-refractivity contribution in [1.82, 2.24) is 39.5 Å². The third-order valence-corrected chi connectivity index (χ3v) is 7.82. The van der Waals surface area contributed by atoms with Gasteiger partial charge >= 0.3 is 6.18 Å². The Hall–Kier alpha value is -4.38. The Morgan fingerprint density at radius 2 is 1.93 bits per heavy atom. The first kappa shape index (κ1) is 25.9. The first-order valence-electron chi connectivity index (χ1n) is 12.7. The summed E-state index contributed by atoms with van der Waals surface area (Å²) in [5, 5.41) is 15.0. The molecule has 4 aromatic heterocycles. The minimum Gasteiger partial charge on any atom is -0.346 e. The van der Waals surface area contributed by atoms with Crippen LogP contribution in [0.2, 0.25) is 0 Å². The van der Waals surface area contributed by atoms with E-state index in [1.54, 1.807) is 12.4 Å². The highest BCUT2D eigenvalue weighted by Crippen LogP contribution is 2.45. The van der Waals surface area contributed by atoms with Crippen LogP contribution in [-0.4, -0.2) is 77.6 Å². The number of amides is 1. The molecule has 0 spiro atoms. The van der Waals surface area contributed by atoms with Gasteiger partial charge in [0, 0.05) is 61.8 Å². The Balaban J connectivity index is 1.10. The number of carbonyl (C=O) groups is 1. The molecule has 2 fully saturated rings. The van der Waals surface area contributed by atoms with Gasteiger partial charge in [-0.2, -0.15) is 23.5 Å². The van der Waals surface area contributed by atoms with Gasteiger partial charge in [0.1, 0.15) is 12.0 Å². The third kappa shape index (κ3) is 4.45. The van der Waals surface area contributed by atoms with E-state index in [1.807, 2.05) is 16.9 Å². The predicted molar refractivity (Wildman–Crippen MR) is 133 cm³/mol. The Morgan fingerprint density at radius 1 is 1.15 bits per heavy atom. The molecular formula is C26H23F4N9O. The number of piperazine rings is 1. The number of alkyl halides is 3. The largest absolute Gasteiger partial charge is 0.417 e. The number of nitrogens with zero attached hydrogens (tertiary/aromatic N) is 8. The van der Waals surface area contributed by atoms with Gasteiger partial charge in [0.15, 0.2) is 11.5 Å². The van der Waals surface area contributed by atoms with Crippen LogP contribution in [0.3, 0.4) is 0 Å². The maximum absolute atomic E-state index is 14.3. The van der Waals surface area contributed by atoms with Crippen molar-refractivity contribution in [3.63, 3.8) is 0 Å². The zero-order chi connectivity index (χ0) is 28.1. The summed E-state index contributed by atoms with van der Waals surface area (Å²) < 4.78 is 54.6. The van der Waals surface area contributed by atoms with Crippen LogP contribution in [0.5, 0.6) is 0 Å². The highest BCUT2D eigenvalue weighted by molar-refractivity contribution is 5.92. The smallest absolute Gasteiger partial charge is 0.346 e. The minimum atomic E-state index is -4.74. The van der Waals surface area contributed by atoms with Crippen LogP contribution in [-0.2, 0) is 11.7 Å². The molecular weight excluding hydrogens is 530 g/mol. The number of carbonyl (C=O) groups excluding carboxylic acids is 1. The normalized spacial score (nSPS) is 21.8. The fourth-order valence-corrected chi connectivity index (χ4v) is 5.63. The summed E-state index contributed by atoms with van der Waals surface area (Å²) in [4.78, 5) is 31.6. The van der Waals surface area contributed by atoms with Crippen molar-refractivity contribution in [1.29, 1.82) is 5.26 Å². The maximum Gasteiger partial charge on any atom is 0.417 e. The van der Waals surface area contributed by atoms with E-state index < -0.39 is 34.7 Å². The Labute approximate surface area is 225 Å². The number of hydrogen-bond donors (Lipinski definition) is 1. The van der Waals surface area contributed by atoms with E-state index in [9.17, 15) is 27.6 Å². The topological polar surface area (TPSA) is 120 Å². The van der Waals surface area contributed by atoms with E-state index in [2.05, 4.69) is 36.0 Å². The number of rotatable bonds is 5. The van der Waals surface area contributed by atoms with Crippen molar-refractivity contribution < 1.29 is 22.4 Å². The molecule has 10 nitrogen and oxygen atoms in total. The lowest BCUT2D eigenvalue weighted by molar-refractivity contribution is -0.138. The van der Waals surface area contributed by atoms with Gasteiger partial charge in [0.25, 0.3) is 5.91 Å². The molecule has 1 saturated carbocycles. The van der Waals surface area contributed by atoms with Crippen molar-refractivity contribution in [3.05, 3.63) is 60.3 Å². The molecule has 0 unspecified atom stereocenters. The van der Waals surface area contributed by atoms with E-state index in [4.69, 9.17) is 0 Å². The van der Waals surface area contributed by atoms with Crippen LogP contribution in [0, 0.1) is 17.1 Å². The Morgan fingerprint density at radius 3 is 2.62 bits per heavy atom. The molecule has 0 atom stereocenters. The number of nitrogens with one attached hydrogen (secondary N) is 1. The van der Waals surface area contributed by atoms with Crippen LogP contribution in [0.1, 0.15) is 35.3 Å². The van der Waals surface area contributed by atoms with Crippen molar-refractivity contribution >= 4 is 16.9 Å². The number of fused-ring (bicyclic) bond motifs is 1. The third-order valence-electron chi connectivity index (χ3n) is 7.82. The molecule has 0 bridgehead atoms. The molecule has 0 aromatic carbocycles. The lowest BCUT2D eigenvalue weighted by atomic mass is 9.70. The van der Waals surface area contributed by atoms with Crippen molar-refractivity contribution in [2.75, 3.05) is 26.2 Å². The van der Waals surface area contributed by atoms with Crippen LogP contribution in [0.15, 0.2) is 43.2 Å². The monoisotopic (exact) mass is 553 g/mol. The molecule has 206 valence electrons. The van der Waals surface area contributed by atoms with Crippen molar-refractivity contribution in [2.45, 2.75) is 37.0 Å². The number of hydrogen-bond acceptors (Lipinski definition) is 7. The molecule has 14 heteroatoms. The second kappa shape index (κ2) is 9.67. The van der Waals surface area contributed by atoms with Crippen molar-refractivity contribution in [2.24, 2.45) is 0 Å². The molecule has 1 aliphatic heterocycles. The van der Waals surface area contributed by atoms with E-state index in [1.165, 1.54) is 11.2 Å². The van der Waals surface area contributed by atoms with Crippen LogP contribution < -0.4 is 0 Å². The summed E-state index contributed by atoms with van der Waals surface area (Å²) in [6.07, 6.45) is 4.32. The van der Waals surface area contributed by atoms with Crippen LogP contribution >= 0.6 is 0 Å². The first-order valence-corrected chi connectivity index (χ1v) is 12.7. The second-order valence-corrected chi connectivity index (χ2v) is 10.1. The molecule has 2 aliphatic rings. The summed E-state index contributed by atoms with van der Waals surface area (Å²) in [7, 11) is 0. The molecule has 4 aromatic rings. The predicted octanol–water partition coefficient (Wildman–Crippen LogP) is 3.60. The van der Waals surface area contributed by atoms with Gasteiger partial charge in [-0.1, -0.05) is 0 Å². The van der Waals surface area contributed by atoms with Gasteiger partial charge in [-0.05, 0) is 25.0 Å². The number of pyridine rings is 1. The Bertz CT molecular complexity index is 1610. The fourth-order valence-electron chi connectivity index (χ4n) is 5.63. The average molecular weight is 554 g/mol. The first-order chi connectivity index (χ1) is 19.2. The zero-order valence-corrected chi connectivity index (χ0v) is 21.1. The molecule has 0 radical (unpaired) electrons. The highest BCUT2D eigenvalue weighted by atomic mass is 19.4. The average Bonchev–Trinajstić information content (AvgIpc) is 3.60. The molecule has 1 aliphatic carbocycles. The number of H-pyrrole nitrogens is 1. The van der Waals surface area contributed by atoms with E-state index in [-0.39, 0.29) is 25.6 Å². The SMILES string of the molecule is N#CC[C@]1(n2cc(-c3ncnc4[nH]ccc34)cn2)C[C@H](N2CCN(C(=O)c3ncc(C(F)(F)F)cc3F)CC2)C1. The van der Waals surface area contributed by atoms with Crippen LogP contribution in [0.25, 0.3) is 22.3 Å². The summed E-state index contributed by atoms with van der Waals surface area (Å²) in [6.45, 7) is 1.60. The number of aromatic amines is 1. The zero-order valence-electron chi connectivity index (χ0n) is 21.1. The molecule has 5 heterocycles.